The number of thiazole rings is 2. The molecule has 2 aromatic carbocycles. The SMILES string of the molecule is CCCCCCCCCc1nc(-c2nc(CCCCCCCCC)c(-c3ccc(/C=C(\C#N)C(=O)O)s3)s2)sc1-c1ccc2c(c1)c1ccccc1n2CCCC. The number of unbranched alkanes of at least 4 members (excludes halogenated alkanes) is 13. The van der Waals surface area contributed by atoms with Gasteiger partial charge in [-0.25, -0.2) is 14.8 Å². The predicted octanol–water partition coefficient (Wildman–Crippen LogP) is 15.1. The van der Waals surface area contributed by atoms with Gasteiger partial charge in [0.15, 0.2) is 10.0 Å². The summed E-state index contributed by atoms with van der Waals surface area (Å²) in [6, 6.07) is 21.6. The van der Waals surface area contributed by atoms with Crippen LogP contribution in [0.5, 0.6) is 0 Å². The lowest BCUT2D eigenvalue weighted by molar-refractivity contribution is -0.132. The fourth-order valence-electron chi connectivity index (χ4n) is 7.73. The zero-order chi connectivity index (χ0) is 40.0. The number of aliphatic carboxylic acids is 1. The van der Waals surface area contributed by atoms with Crippen molar-refractivity contribution in [1.82, 2.24) is 14.5 Å². The van der Waals surface area contributed by atoms with Crippen LogP contribution in [0.15, 0.2) is 60.2 Å². The number of hydrogen-bond donors (Lipinski definition) is 1. The monoisotopic (exact) mass is 818 g/mol. The minimum atomic E-state index is -1.21. The molecule has 0 atom stereocenters. The minimum absolute atomic E-state index is 0.260. The molecule has 57 heavy (non-hydrogen) atoms. The van der Waals surface area contributed by atoms with E-state index in [2.05, 4.69) is 67.8 Å². The highest BCUT2D eigenvalue weighted by Crippen LogP contribution is 2.44. The Bertz CT molecular complexity index is 2300. The van der Waals surface area contributed by atoms with E-state index in [-0.39, 0.29) is 5.57 Å². The second-order valence-electron chi connectivity index (χ2n) is 15.3. The number of carbonyl (C=O) groups is 1. The van der Waals surface area contributed by atoms with Gasteiger partial charge in [0.2, 0.25) is 0 Å². The first kappa shape index (κ1) is 42.5. The fourth-order valence-corrected chi connectivity index (χ4v) is 11.1. The molecule has 1 N–H and O–H groups in total. The lowest BCUT2D eigenvalue weighted by Crippen LogP contribution is -1.96. The maximum absolute atomic E-state index is 11.6. The number of para-hydroxylation sites is 1. The Morgan fingerprint density at radius 3 is 1.89 bits per heavy atom. The first-order valence-corrected chi connectivity index (χ1v) is 23.9. The van der Waals surface area contributed by atoms with E-state index in [0.717, 1.165) is 75.4 Å². The van der Waals surface area contributed by atoms with Crippen LogP contribution in [0.2, 0.25) is 0 Å². The predicted molar refractivity (Wildman–Crippen MR) is 245 cm³/mol. The van der Waals surface area contributed by atoms with Crippen LogP contribution in [-0.4, -0.2) is 25.6 Å². The highest BCUT2D eigenvalue weighted by Gasteiger charge is 2.22. The molecular formula is C48H58N4O2S3. The van der Waals surface area contributed by atoms with Gasteiger partial charge in [-0.2, -0.15) is 5.26 Å². The summed E-state index contributed by atoms with van der Waals surface area (Å²) < 4.78 is 2.49. The van der Waals surface area contributed by atoms with Crippen molar-refractivity contribution in [3.8, 4) is 36.3 Å². The number of aryl methyl sites for hydroxylation is 3. The summed E-state index contributed by atoms with van der Waals surface area (Å²) >= 11 is 4.99. The van der Waals surface area contributed by atoms with Gasteiger partial charge in [-0.3, -0.25) is 0 Å². The van der Waals surface area contributed by atoms with Gasteiger partial charge in [-0.15, -0.1) is 34.0 Å². The van der Waals surface area contributed by atoms with E-state index in [1.165, 1.54) is 132 Å². The average Bonchev–Trinajstić information content (AvgIpc) is 4.03. The molecule has 0 saturated heterocycles. The Morgan fingerprint density at radius 1 is 0.684 bits per heavy atom. The van der Waals surface area contributed by atoms with Crippen LogP contribution in [0.3, 0.4) is 0 Å². The van der Waals surface area contributed by atoms with E-state index in [4.69, 9.17) is 9.97 Å². The van der Waals surface area contributed by atoms with Crippen LogP contribution in [0, 0.1) is 11.3 Å². The number of hydrogen-bond acceptors (Lipinski definition) is 7. The molecule has 0 unspecified atom stereocenters. The summed E-state index contributed by atoms with van der Waals surface area (Å²) in [5.74, 6) is -1.21. The first-order chi connectivity index (χ1) is 27.9. The number of carboxylic acids is 1. The van der Waals surface area contributed by atoms with Crippen LogP contribution >= 0.6 is 34.0 Å². The molecule has 4 aromatic heterocycles. The van der Waals surface area contributed by atoms with Crippen molar-refractivity contribution < 1.29 is 9.90 Å². The second-order valence-corrected chi connectivity index (χ2v) is 18.4. The molecule has 0 amide bonds. The van der Waals surface area contributed by atoms with E-state index in [1.807, 2.05) is 18.2 Å². The van der Waals surface area contributed by atoms with Gasteiger partial charge in [-0.1, -0.05) is 129 Å². The van der Waals surface area contributed by atoms with Crippen molar-refractivity contribution in [3.05, 3.63) is 76.4 Å². The maximum Gasteiger partial charge on any atom is 0.346 e. The quantitative estimate of drug-likeness (QED) is 0.0373. The highest BCUT2D eigenvalue weighted by atomic mass is 32.1. The van der Waals surface area contributed by atoms with Gasteiger partial charge in [0.25, 0.3) is 0 Å². The van der Waals surface area contributed by atoms with Gasteiger partial charge in [0, 0.05) is 38.1 Å². The van der Waals surface area contributed by atoms with E-state index in [0.29, 0.717) is 0 Å². The van der Waals surface area contributed by atoms with Gasteiger partial charge < -0.3 is 9.67 Å². The van der Waals surface area contributed by atoms with E-state index in [9.17, 15) is 15.2 Å². The number of nitriles is 1. The van der Waals surface area contributed by atoms with E-state index < -0.39 is 5.97 Å². The number of benzene rings is 2. The summed E-state index contributed by atoms with van der Waals surface area (Å²) in [6.07, 6.45) is 23.1. The number of rotatable bonds is 24. The maximum atomic E-state index is 11.6. The number of nitrogens with zero attached hydrogens (tertiary/aromatic N) is 4. The number of fused-ring (bicyclic) bond motifs is 3. The number of aromatic nitrogens is 3. The third-order valence-electron chi connectivity index (χ3n) is 10.9. The van der Waals surface area contributed by atoms with Gasteiger partial charge in [0.1, 0.15) is 11.6 Å². The van der Waals surface area contributed by atoms with Gasteiger partial charge >= 0.3 is 5.97 Å². The molecule has 6 aromatic rings. The topological polar surface area (TPSA) is 91.8 Å². The molecular weight excluding hydrogens is 761 g/mol. The van der Waals surface area contributed by atoms with Crippen molar-refractivity contribution in [1.29, 1.82) is 5.26 Å². The van der Waals surface area contributed by atoms with Crippen molar-refractivity contribution in [3.63, 3.8) is 0 Å². The van der Waals surface area contributed by atoms with Crippen molar-refractivity contribution in [2.75, 3.05) is 0 Å². The van der Waals surface area contributed by atoms with Crippen LogP contribution in [0.25, 0.3) is 58.1 Å². The Kier molecular flexibility index (Phi) is 16.1. The lowest BCUT2D eigenvalue weighted by atomic mass is 10.0. The molecule has 0 radical (unpaired) electrons. The van der Waals surface area contributed by atoms with Crippen molar-refractivity contribution in [2.45, 2.75) is 143 Å². The molecule has 0 aliphatic heterocycles. The van der Waals surface area contributed by atoms with Crippen LogP contribution < -0.4 is 0 Å². The molecule has 6 rings (SSSR count). The molecule has 0 fully saturated rings. The average molecular weight is 819 g/mol. The van der Waals surface area contributed by atoms with Crippen molar-refractivity contribution >= 4 is 67.9 Å². The highest BCUT2D eigenvalue weighted by molar-refractivity contribution is 7.27. The molecule has 0 spiro atoms. The van der Waals surface area contributed by atoms with Crippen LogP contribution in [0.4, 0.5) is 0 Å². The fraction of sp³-hybridized carbons (Fsp3) is 0.458. The van der Waals surface area contributed by atoms with Gasteiger partial charge in [0.05, 0.1) is 21.1 Å². The lowest BCUT2D eigenvalue weighted by Gasteiger charge is -2.07. The molecule has 6 nitrogen and oxygen atoms in total. The summed E-state index contributed by atoms with van der Waals surface area (Å²) in [5, 5.41) is 23.4. The van der Waals surface area contributed by atoms with E-state index >= 15 is 0 Å². The normalized spacial score (nSPS) is 11.9. The smallest absolute Gasteiger partial charge is 0.346 e. The Balaban J connectivity index is 1.36. The third kappa shape index (κ3) is 10.9. The zero-order valence-corrected chi connectivity index (χ0v) is 36.5. The van der Waals surface area contributed by atoms with E-state index in [1.54, 1.807) is 22.7 Å². The Morgan fingerprint density at radius 2 is 1.26 bits per heavy atom. The summed E-state index contributed by atoms with van der Waals surface area (Å²) in [4.78, 5) is 26.5. The van der Waals surface area contributed by atoms with Gasteiger partial charge in [-0.05, 0) is 74.1 Å². The first-order valence-electron chi connectivity index (χ1n) is 21.4. The molecule has 9 heteroatoms. The van der Waals surface area contributed by atoms with Crippen LogP contribution in [-0.2, 0) is 24.2 Å². The summed E-state index contributed by atoms with van der Waals surface area (Å²) in [7, 11) is 0. The summed E-state index contributed by atoms with van der Waals surface area (Å²) in [5.41, 5.74) is 5.82. The molecule has 0 bridgehead atoms. The Labute approximate surface area is 351 Å². The molecule has 0 saturated carbocycles. The van der Waals surface area contributed by atoms with Crippen LogP contribution in [0.1, 0.15) is 140 Å². The molecule has 0 aliphatic carbocycles. The number of thiophene rings is 1. The second kappa shape index (κ2) is 21.6. The standard InChI is InChI=1S/C48H58N4O2S3/c1-4-7-10-12-14-16-18-23-39-44(34-26-28-42-38(32-34)37-22-20-21-25-41(37)52(42)30-9-6-3)56-46(50-39)47-51-40(24-19-17-15-13-11-8-5-2)45(57-47)43-29-27-36(55-43)31-35(33-49)48(53)54/h20-22,25-29,31-32H,4-19,23-24,30H2,1-3H3,(H,53,54)/b35-31+. The number of carboxylic acid groups (broad SMARTS) is 1. The molecule has 300 valence electrons. The minimum Gasteiger partial charge on any atom is -0.477 e. The summed E-state index contributed by atoms with van der Waals surface area (Å²) in [6.45, 7) is 7.80. The largest absolute Gasteiger partial charge is 0.477 e. The zero-order valence-electron chi connectivity index (χ0n) is 34.1. The molecule has 4 heterocycles. The molecule has 0 aliphatic rings. The third-order valence-corrected chi connectivity index (χ3v) is 14.5. The van der Waals surface area contributed by atoms with Crippen molar-refractivity contribution in [2.24, 2.45) is 0 Å². The Hall–Kier alpha value is -4.10.